The van der Waals surface area contributed by atoms with Gasteiger partial charge in [0, 0.05) is 101 Å². The molecule has 0 aliphatic carbocycles. The summed E-state index contributed by atoms with van der Waals surface area (Å²) < 4.78 is 61.4. The van der Waals surface area contributed by atoms with Crippen LogP contribution in [0.4, 0.5) is 10.1 Å². The number of esters is 1. The maximum absolute atomic E-state index is 15.0. The van der Waals surface area contributed by atoms with Crippen molar-refractivity contribution in [1.29, 1.82) is 0 Å². The highest BCUT2D eigenvalue weighted by Gasteiger charge is 2.60. The lowest BCUT2D eigenvalue weighted by molar-refractivity contribution is -0.288. The predicted molar refractivity (Wildman–Crippen MR) is 295 cm³/mol. The molecule has 1 spiro atoms. The van der Waals surface area contributed by atoms with Gasteiger partial charge < -0.3 is 68.3 Å². The van der Waals surface area contributed by atoms with Crippen molar-refractivity contribution in [3.63, 3.8) is 0 Å². The third-order valence-corrected chi connectivity index (χ3v) is 19.8. The van der Waals surface area contributed by atoms with Crippen molar-refractivity contribution >= 4 is 11.7 Å². The number of benzene rings is 1. The van der Waals surface area contributed by atoms with Crippen LogP contribution in [0.3, 0.4) is 0 Å². The van der Waals surface area contributed by atoms with Crippen molar-refractivity contribution < 1.29 is 62.8 Å². The van der Waals surface area contributed by atoms with Crippen LogP contribution in [0, 0.1) is 23.2 Å². The number of likely N-dealkylation sites (N-methyl/N-ethyl adjacent to an activating group) is 2. The highest BCUT2D eigenvalue weighted by molar-refractivity contribution is 5.73. The van der Waals surface area contributed by atoms with Crippen molar-refractivity contribution in [3.8, 4) is 0 Å². The Bertz CT molecular complexity index is 2230. The predicted octanol–water partition coefficient (Wildman–Crippen LogP) is 6.46. The lowest BCUT2D eigenvalue weighted by Crippen LogP contribution is -2.64. The smallest absolute Gasteiger partial charge is 0.309 e. The molecule has 7 rings (SSSR count). The summed E-state index contributed by atoms with van der Waals surface area (Å²) >= 11 is 0. The molecular formula is C59H99FN6O12. The molecule has 1 aromatic heterocycles. The number of piperidine rings is 1. The van der Waals surface area contributed by atoms with Gasteiger partial charge in [-0.1, -0.05) is 58.9 Å². The Hall–Kier alpha value is -2.92. The molecule has 5 saturated heterocycles. The number of hydrogen-bond acceptors (Lipinski definition) is 17. The van der Waals surface area contributed by atoms with Crippen molar-refractivity contribution in [3.05, 3.63) is 41.7 Å². The summed E-state index contributed by atoms with van der Waals surface area (Å²) in [4.78, 5) is 21.5. The molecule has 5 fully saturated rings. The van der Waals surface area contributed by atoms with Gasteiger partial charge in [-0.3, -0.25) is 4.79 Å². The monoisotopic (exact) mass is 1100 g/mol. The number of aromatic nitrogens is 3. The molecule has 4 N–H and O–H groups in total. The van der Waals surface area contributed by atoms with E-state index in [1.165, 1.54) is 6.92 Å². The molecule has 5 aliphatic heterocycles. The fourth-order valence-corrected chi connectivity index (χ4v) is 13.9. The lowest BCUT2D eigenvalue weighted by atomic mass is 9.59. The topological polar surface area (TPSA) is 203 Å². The van der Waals surface area contributed by atoms with Gasteiger partial charge in [-0.15, -0.1) is 5.10 Å². The molecular weight excluding hydrogens is 1000 g/mol. The van der Waals surface area contributed by atoms with E-state index in [0.717, 1.165) is 49.3 Å². The highest BCUT2D eigenvalue weighted by atomic mass is 19.1. The number of cyclic esters (lactones) is 1. The number of carbonyl (C=O) groups excluding carboxylic acids is 1. The number of alkyl halides is 1. The molecule has 2 aromatic rings. The van der Waals surface area contributed by atoms with E-state index < -0.39 is 107 Å². The van der Waals surface area contributed by atoms with E-state index in [1.807, 2.05) is 66.6 Å². The number of hydrogen-bond donors (Lipinski definition) is 4. The Morgan fingerprint density at radius 1 is 0.936 bits per heavy atom. The first kappa shape index (κ1) is 62.7. The highest BCUT2D eigenvalue weighted by Crippen LogP contribution is 2.52. The summed E-state index contributed by atoms with van der Waals surface area (Å²) in [6, 6.07) is 7.35. The Balaban J connectivity index is 1.09. The third kappa shape index (κ3) is 13.3. The standard InChI is InChI=1S/C59H99FN6O12/c1-16-48-58(12,71)51(67)41(7)64(14)34-36(2)31-55(9,70)53(39(5)57(11,40(6)54(69)77-48)49-32-56(10,72-15)52(68)42(8)76-49)78-50-30-46(29-37(3)75-50)63(13)24-21-44-35-66(62-61-44)47(33-60)38(4)43-17-19-45(20-18-43)65-25-22-59(23-26-65)73-27-28-74-59/h17-20,35-42,46-53,67-68,70-71H,16,21-34H2,1-15H3/t36-,37-,38-,39-,40+,41-,42+,46+,47-,48-,49?,50+,51-,52+,53-,55-,56-,57-,58-/m1/s1. The molecule has 6 heterocycles. The maximum atomic E-state index is 15.0. The Labute approximate surface area is 464 Å². The van der Waals surface area contributed by atoms with Crippen LogP contribution in [-0.2, 0) is 44.4 Å². The number of ether oxygens (including phenoxy) is 7. The van der Waals surface area contributed by atoms with E-state index in [9.17, 15) is 29.6 Å². The van der Waals surface area contributed by atoms with E-state index in [2.05, 4.69) is 58.3 Å². The Kier molecular flexibility index (Phi) is 20.3. The van der Waals surface area contributed by atoms with Crippen LogP contribution < -0.4 is 4.90 Å². The fraction of sp³-hybridized carbons (Fsp3) is 0.847. The van der Waals surface area contributed by atoms with Gasteiger partial charge in [-0.25, -0.2) is 9.07 Å². The minimum atomic E-state index is -1.81. The van der Waals surface area contributed by atoms with E-state index in [0.29, 0.717) is 39.1 Å². The number of aliphatic hydroxyl groups excluding tert-OH is 2. The van der Waals surface area contributed by atoms with Crippen molar-refractivity contribution in [2.75, 3.05) is 72.2 Å². The number of nitrogens with zero attached hydrogens (tertiary/aromatic N) is 6. The second-order valence-corrected chi connectivity index (χ2v) is 25.4. The third-order valence-electron chi connectivity index (χ3n) is 19.8. The van der Waals surface area contributed by atoms with Crippen LogP contribution in [0.5, 0.6) is 0 Å². The van der Waals surface area contributed by atoms with Gasteiger partial charge in [-0.05, 0) is 104 Å². The van der Waals surface area contributed by atoms with Crippen molar-refractivity contribution in [2.45, 2.75) is 230 Å². The van der Waals surface area contributed by atoms with Gasteiger partial charge in [0.15, 0.2) is 12.1 Å². The number of carbonyl (C=O) groups is 1. The summed E-state index contributed by atoms with van der Waals surface area (Å²) in [6.07, 6.45) is -0.585. The molecule has 19 heteroatoms. The van der Waals surface area contributed by atoms with Crippen molar-refractivity contribution in [1.82, 2.24) is 24.8 Å². The minimum Gasteiger partial charge on any atom is -0.459 e. The fourth-order valence-electron chi connectivity index (χ4n) is 13.9. The Morgan fingerprint density at radius 3 is 2.21 bits per heavy atom. The van der Waals surface area contributed by atoms with Crippen LogP contribution in [0.2, 0.25) is 0 Å². The van der Waals surface area contributed by atoms with Crippen molar-refractivity contribution in [2.24, 2.45) is 23.2 Å². The second-order valence-electron chi connectivity index (χ2n) is 25.4. The molecule has 1 aromatic carbocycles. The van der Waals surface area contributed by atoms with Gasteiger partial charge in [0.2, 0.25) is 0 Å². The second kappa shape index (κ2) is 25.3. The summed E-state index contributed by atoms with van der Waals surface area (Å²) in [5.74, 6) is -2.88. The van der Waals surface area contributed by atoms with Crippen LogP contribution in [-0.4, -0.2) is 202 Å². The van der Waals surface area contributed by atoms with Crippen LogP contribution in [0.25, 0.3) is 0 Å². The van der Waals surface area contributed by atoms with E-state index >= 15 is 0 Å². The SMILES string of the molecule is CC[C@H]1OC(=O)[C@H](C)[C@](C)(C2C[C@@](C)(OC)[C@@H](O)[C@H](C)O2)[C@H](C)[C@@H](O[C@H]2C[C@@H](N(C)CCc3cn([C@H](CF)[C@H](C)c4ccc(N5CCC6(CC5)OCCO6)cc4)nn3)C[C@@H](C)O2)[C@](C)(O)C[C@@H](C)CN(C)[C@H](C)[C@@H](O)[C@]1(C)O. The molecule has 0 saturated carbocycles. The maximum Gasteiger partial charge on any atom is 0.309 e. The molecule has 1 unspecified atom stereocenters. The van der Waals surface area contributed by atoms with Crippen LogP contribution in [0.1, 0.15) is 151 Å². The average Bonchev–Trinajstić information content (AvgIpc) is 4.17. The summed E-state index contributed by atoms with van der Waals surface area (Å²) in [5, 5.41) is 57.3. The number of halogens is 1. The van der Waals surface area contributed by atoms with Crippen LogP contribution >= 0.6 is 0 Å². The molecule has 0 bridgehead atoms. The lowest BCUT2D eigenvalue weighted by Gasteiger charge is -2.56. The van der Waals surface area contributed by atoms with Gasteiger partial charge in [0.25, 0.3) is 0 Å². The molecule has 0 amide bonds. The van der Waals surface area contributed by atoms with E-state index in [1.54, 1.807) is 32.6 Å². The first-order chi connectivity index (χ1) is 36.6. The summed E-state index contributed by atoms with van der Waals surface area (Å²) in [6.45, 7) is 25.9. The minimum absolute atomic E-state index is 0.0132. The number of methoxy groups -OCH3 is 1. The van der Waals surface area contributed by atoms with Gasteiger partial charge in [0.1, 0.15) is 30.6 Å². The molecule has 444 valence electrons. The number of aliphatic hydroxyl groups is 4. The molecule has 0 radical (unpaired) electrons. The van der Waals surface area contributed by atoms with E-state index in [4.69, 9.17) is 33.2 Å². The van der Waals surface area contributed by atoms with Crippen LogP contribution in [0.15, 0.2) is 30.5 Å². The Morgan fingerprint density at radius 2 is 1.59 bits per heavy atom. The zero-order valence-electron chi connectivity index (χ0n) is 49.8. The number of rotatable bonds is 14. The largest absolute Gasteiger partial charge is 0.459 e. The molecule has 18 nitrogen and oxygen atoms in total. The summed E-state index contributed by atoms with van der Waals surface area (Å²) in [5.41, 5.74) is -2.61. The normalized spacial score (nSPS) is 40.6. The average molecular weight is 1100 g/mol. The number of anilines is 1. The van der Waals surface area contributed by atoms with Gasteiger partial charge >= 0.3 is 5.97 Å². The molecule has 5 aliphatic rings. The first-order valence-corrected chi connectivity index (χ1v) is 29.2. The van der Waals surface area contributed by atoms with Gasteiger partial charge in [-0.2, -0.15) is 0 Å². The van der Waals surface area contributed by atoms with E-state index in [-0.39, 0.29) is 43.2 Å². The molecule has 78 heavy (non-hydrogen) atoms. The quantitative estimate of drug-likeness (QED) is 0.150. The zero-order chi connectivity index (χ0) is 57.3. The van der Waals surface area contributed by atoms with Gasteiger partial charge in [0.05, 0.1) is 66.5 Å². The summed E-state index contributed by atoms with van der Waals surface area (Å²) in [7, 11) is 5.51. The zero-order valence-corrected chi connectivity index (χ0v) is 49.8. The first-order valence-electron chi connectivity index (χ1n) is 29.2. The molecule has 19 atom stereocenters.